The van der Waals surface area contributed by atoms with Gasteiger partial charge in [0.05, 0.1) is 19.6 Å². The zero-order valence-electron chi connectivity index (χ0n) is 11.6. The Kier molecular flexibility index (Phi) is 4.22. The second kappa shape index (κ2) is 6.28. The lowest BCUT2D eigenvalue weighted by molar-refractivity contribution is -0.136. The van der Waals surface area contributed by atoms with Crippen LogP contribution in [-0.4, -0.2) is 37.4 Å². The Bertz CT molecular complexity index is 632. The topological polar surface area (TPSA) is 49.8 Å². The smallest absolute Gasteiger partial charge is 0.308 e. The fourth-order valence-corrected chi connectivity index (χ4v) is 3.45. The molecule has 0 unspecified atom stereocenters. The van der Waals surface area contributed by atoms with Gasteiger partial charge in [-0.2, -0.15) is 0 Å². The van der Waals surface area contributed by atoms with Crippen LogP contribution < -0.4 is 4.90 Å². The van der Waals surface area contributed by atoms with E-state index in [9.17, 15) is 4.79 Å². The molecular formula is C16H17NO3S. The third-order valence-corrected chi connectivity index (χ3v) is 4.63. The van der Waals surface area contributed by atoms with Crippen LogP contribution in [-0.2, 0) is 16.0 Å². The molecule has 1 aliphatic heterocycles. The maximum absolute atomic E-state index is 10.8. The third kappa shape index (κ3) is 3.43. The van der Waals surface area contributed by atoms with Crippen molar-refractivity contribution in [1.29, 1.82) is 0 Å². The van der Waals surface area contributed by atoms with E-state index in [1.807, 2.05) is 12.1 Å². The summed E-state index contributed by atoms with van der Waals surface area (Å²) in [7, 11) is 0. The highest BCUT2D eigenvalue weighted by Crippen LogP contribution is 2.31. The van der Waals surface area contributed by atoms with E-state index in [1.54, 1.807) is 11.3 Å². The molecule has 0 bridgehead atoms. The number of nitrogens with zero attached hydrogens (tertiary/aromatic N) is 1. The average molecular weight is 303 g/mol. The fourth-order valence-electron chi connectivity index (χ4n) is 2.45. The summed E-state index contributed by atoms with van der Waals surface area (Å²) in [5.74, 6) is -0.787. The number of benzene rings is 1. The Morgan fingerprint density at radius 2 is 2.05 bits per heavy atom. The van der Waals surface area contributed by atoms with Gasteiger partial charge in [-0.05, 0) is 29.8 Å². The number of carbonyl (C=O) groups is 1. The molecule has 3 rings (SSSR count). The zero-order valence-corrected chi connectivity index (χ0v) is 12.4. The van der Waals surface area contributed by atoms with Crippen LogP contribution in [0, 0.1) is 0 Å². The number of hydrogen-bond acceptors (Lipinski definition) is 4. The van der Waals surface area contributed by atoms with Crippen LogP contribution in [0.2, 0.25) is 0 Å². The molecule has 1 fully saturated rings. The van der Waals surface area contributed by atoms with Gasteiger partial charge in [0.1, 0.15) is 0 Å². The van der Waals surface area contributed by atoms with Crippen molar-refractivity contribution in [3.8, 4) is 10.4 Å². The number of aliphatic carboxylic acids is 1. The number of thiophene rings is 1. The van der Waals surface area contributed by atoms with E-state index in [0.717, 1.165) is 41.6 Å². The quantitative estimate of drug-likeness (QED) is 0.943. The van der Waals surface area contributed by atoms with Crippen molar-refractivity contribution in [1.82, 2.24) is 0 Å². The highest BCUT2D eigenvalue weighted by molar-refractivity contribution is 7.15. The summed E-state index contributed by atoms with van der Waals surface area (Å²) < 4.78 is 5.38. The largest absolute Gasteiger partial charge is 0.481 e. The Labute approximate surface area is 127 Å². The Hall–Kier alpha value is -1.85. The maximum atomic E-state index is 10.8. The zero-order chi connectivity index (χ0) is 14.7. The van der Waals surface area contributed by atoms with Crippen molar-refractivity contribution in [2.45, 2.75) is 6.42 Å². The van der Waals surface area contributed by atoms with Crippen molar-refractivity contribution in [2.75, 3.05) is 31.2 Å². The molecule has 2 aromatic rings. The van der Waals surface area contributed by atoms with E-state index in [-0.39, 0.29) is 6.42 Å². The first-order valence-corrected chi connectivity index (χ1v) is 7.78. The van der Waals surface area contributed by atoms with Gasteiger partial charge in [-0.1, -0.05) is 12.1 Å². The van der Waals surface area contributed by atoms with Crippen molar-refractivity contribution in [3.05, 3.63) is 41.3 Å². The van der Waals surface area contributed by atoms with Gasteiger partial charge < -0.3 is 14.7 Å². The molecule has 1 aliphatic rings. The second-order valence-corrected chi connectivity index (χ2v) is 6.15. The molecule has 1 N–H and O–H groups in total. The van der Waals surface area contributed by atoms with Crippen LogP contribution >= 0.6 is 11.3 Å². The molecule has 2 heterocycles. The Balaban J connectivity index is 1.81. The number of anilines is 1. The molecule has 0 amide bonds. The van der Waals surface area contributed by atoms with Crippen molar-refractivity contribution in [3.63, 3.8) is 0 Å². The van der Waals surface area contributed by atoms with E-state index < -0.39 is 5.97 Å². The van der Waals surface area contributed by atoms with Gasteiger partial charge in [0.25, 0.3) is 0 Å². The van der Waals surface area contributed by atoms with Crippen LogP contribution in [0.3, 0.4) is 0 Å². The predicted octanol–water partition coefficient (Wildman–Crippen LogP) is 2.88. The van der Waals surface area contributed by atoms with Crippen LogP contribution in [0.1, 0.15) is 4.88 Å². The van der Waals surface area contributed by atoms with Crippen molar-refractivity contribution >= 4 is 23.0 Å². The van der Waals surface area contributed by atoms with Crippen LogP contribution in [0.25, 0.3) is 10.4 Å². The number of ether oxygens (including phenoxy) is 1. The molecule has 0 radical (unpaired) electrons. The normalized spacial score (nSPS) is 15.1. The highest BCUT2D eigenvalue weighted by atomic mass is 32.1. The minimum absolute atomic E-state index is 0.0911. The van der Waals surface area contributed by atoms with Crippen molar-refractivity contribution < 1.29 is 14.6 Å². The molecule has 110 valence electrons. The first-order valence-electron chi connectivity index (χ1n) is 6.96. The Morgan fingerprint density at radius 1 is 1.24 bits per heavy atom. The standard InChI is InChI=1S/C16H17NO3S/c18-16(19)11-14-4-5-15(21-14)12-2-1-3-13(10-12)17-6-8-20-9-7-17/h1-5,10H,6-9,11H2,(H,18,19). The molecule has 1 aromatic heterocycles. The minimum Gasteiger partial charge on any atom is -0.481 e. The summed E-state index contributed by atoms with van der Waals surface area (Å²) in [5, 5.41) is 8.85. The monoisotopic (exact) mass is 303 g/mol. The van der Waals surface area contributed by atoms with E-state index in [4.69, 9.17) is 9.84 Å². The number of morpholine rings is 1. The lowest BCUT2D eigenvalue weighted by Crippen LogP contribution is -2.36. The van der Waals surface area contributed by atoms with Crippen molar-refractivity contribution in [2.24, 2.45) is 0 Å². The molecule has 21 heavy (non-hydrogen) atoms. The lowest BCUT2D eigenvalue weighted by atomic mass is 10.1. The molecular weight excluding hydrogens is 286 g/mol. The molecule has 4 nitrogen and oxygen atoms in total. The van der Waals surface area contributed by atoms with Gasteiger partial charge in [-0.3, -0.25) is 4.79 Å². The molecule has 0 aliphatic carbocycles. The van der Waals surface area contributed by atoms with E-state index >= 15 is 0 Å². The molecule has 5 heteroatoms. The summed E-state index contributed by atoms with van der Waals surface area (Å²) in [6, 6.07) is 12.3. The summed E-state index contributed by atoms with van der Waals surface area (Å²) in [4.78, 5) is 15.1. The molecule has 0 spiro atoms. The van der Waals surface area contributed by atoms with Crippen LogP contribution in [0.4, 0.5) is 5.69 Å². The van der Waals surface area contributed by atoms with E-state index in [0.29, 0.717) is 0 Å². The van der Waals surface area contributed by atoms with Crippen LogP contribution in [0.15, 0.2) is 36.4 Å². The summed E-state index contributed by atoms with van der Waals surface area (Å²) in [6.07, 6.45) is 0.0911. The van der Waals surface area contributed by atoms with Gasteiger partial charge in [-0.25, -0.2) is 0 Å². The first kappa shape index (κ1) is 14.1. The maximum Gasteiger partial charge on any atom is 0.308 e. The van der Waals surface area contributed by atoms with Gasteiger partial charge in [0, 0.05) is 28.5 Å². The van der Waals surface area contributed by atoms with Gasteiger partial charge in [0.2, 0.25) is 0 Å². The second-order valence-electron chi connectivity index (χ2n) is 4.99. The van der Waals surface area contributed by atoms with Gasteiger partial charge in [-0.15, -0.1) is 11.3 Å². The average Bonchev–Trinajstić information content (AvgIpc) is 2.96. The molecule has 1 saturated heterocycles. The summed E-state index contributed by atoms with van der Waals surface area (Å²) in [5.41, 5.74) is 2.34. The number of hydrogen-bond donors (Lipinski definition) is 1. The summed E-state index contributed by atoms with van der Waals surface area (Å²) >= 11 is 1.55. The SMILES string of the molecule is O=C(O)Cc1ccc(-c2cccc(N3CCOCC3)c2)s1. The first-order chi connectivity index (χ1) is 10.2. The van der Waals surface area contributed by atoms with Gasteiger partial charge in [0.15, 0.2) is 0 Å². The third-order valence-electron chi connectivity index (χ3n) is 3.49. The number of carboxylic acid groups (broad SMARTS) is 1. The molecule has 0 atom stereocenters. The van der Waals surface area contributed by atoms with Crippen LogP contribution in [0.5, 0.6) is 0 Å². The molecule has 1 aromatic carbocycles. The Morgan fingerprint density at radius 3 is 2.81 bits per heavy atom. The summed E-state index contributed by atoms with van der Waals surface area (Å²) in [6.45, 7) is 3.37. The lowest BCUT2D eigenvalue weighted by Gasteiger charge is -2.29. The fraction of sp³-hybridized carbons (Fsp3) is 0.312. The van der Waals surface area contributed by atoms with E-state index in [2.05, 4.69) is 29.2 Å². The number of carboxylic acids is 1. The predicted molar refractivity (Wildman–Crippen MR) is 84.1 cm³/mol. The highest BCUT2D eigenvalue weighted by Gasteiger charge is 2.12. The number of rotatable bonds is 4. The van der Waals surface area contributed by atoms with Gasteiger partial charge >= 0.3 is 5.97 Å². The minimum atomic E-state index is -0.787. The van der Waals surface area contributed by atoms with E-state index in [1.165, 1.54) is 5.69 Å². The molecule has 0 saturated carbocycles.